The first-order valence-electron chi connectivity index (χ1n) is 19.4. The molecule has 0 saturated heterocycles. The molecule has 0 radical (unpaired) electrons. The number of rotatable bonds is 12. The normalized spacial score (nSPS) is 11.7. The van der Waals surface area contributed by atoms with Crippen LogP contribution in [0.15, 0.2) is 224 Å². The molecule has 0 bridgehead atoms. The molecule has 1 unspecified atom stereocenters. The number of phenols is 1. The number of phenolic OH excluding ortho intramolecular Hbond substituents is 1. The van der Waals surface area contributed by atoms with Gasteiger partial charge in [0.05, 0.1) is 28.9 Å². The summed E-state index contributed by atoms with van der Waals surface area (Å²) in [6, 6.07) is 62.8. The van der Waals surface area contributed by atoms with Gasteiger partial charge in [0.15, 0.2) is 35.5 Å². The van der Waals surface area contributed by atoms with Gasteiger partial charge in [0.2, 0.25) is 0 Å². The zero-order chi connectivity index (χ0) is 45.4. The van der Waals surface area contributed by atoms with Crippen LogP contribution in [0, 0.1) is 18.9 Å². The van der Waals surface area contributed by atoms with Crippen LogP contribution in [0.5, 0.6) is 5.75 Å². The number of hydrogen-bond donors (Lipinski definition) is 1. The number of carbonyl (C=O) groups excluding carboxylic acids is 2. The minimum atomic E-state index is -4.29. The van der Waals surface area contributed by atoms with E-state index in [1.165, 1.54) is 56.5 Å². The van der Waals surface area contributed by atoms with E-state index >= 15 is 0 Å². The fourth-order valence-corrected chi connectivity index (χ4v) is 11.9. The maximum atomic E-state index is 13.5. The van der Waals surface area contributed by atoms with E-state index in [1.807, 2.05) is 93.7 Å². The van der Waals surface area contributed by atoms with Crippen LogP contribution in [0.2, 0.25) is 0 Å². The van der Waals surface area contributed by atoms with Crippen molar-refractivity contribution in [3.8, 4) is 5.75 Å². The molecule has 322 valence electrons. The molecule has 0 aliphatic rings. The van der Waals surface area contributed by atoms with Crippen molar-refractivity contribution < 1.29 is 37.7 Å². The highest BCUT2D eigenvalue weighted by atomic mass is 127. The standard InChI is InChI=1S/C18H14FS.C18H15S.C15H14F2I2O5/c19-15-11-13-18(14-12-15)20(16-7-3-1-4-8-16)17-9-5-2-6-10-17;1-4-10-16(11-5-1)19(17-12-6-2-7-13-17)18-14-8-3-9-15-18;1-7(2)13(15(16,17)14(22)23)24-11(20)4-3-8-5-9(18)12(21)10(19)6-8/h1-14H;1-15H;3-7,13,21H,1-2H3,(H,22,23)/q2*+1;/p-1/b;;4-3+. The van der Waals surface area contributed by atoms with Gasteiger partial charge in [-0.3, -0.25) is 0 Å². The monoisotopic (exact) mass is 1110 g/mol. The Balaban J connectivity index is 0.000000179. The molecule has 63 heavy (non-hydrogen) atoms. The molecule has 0 aromatic heterocycles. The predicted molar refractivity (Wildman–Crippen MR) is 260 cm³/mol. The van der Waals surface area contributed by atoms with Crippen LogP contribution in [0.3, 0.4) is 0 Å². The third-order valence-electron chi connectivity index (χ3n) is 8.87. The van der Waals surface area contributed by atoms with Crippen LogP contribution in [0.1, 0.15) is 19.4 Å². The summed E-state index contributed by atoms with van der Waals surface area (Å²) in [5, 5.41) is 20.2. The molecule has 12 heteroatoms. The average molecular weight is 1110 g/mol. The summed E-state index contributed by atoms with van der Waals surface area (Å²) in [5.74, 6) is -9.01. The first-order valence-corrected chi connectivity index (χ1v) is 24.0. The summed E-state index contributed by atoms with van der Waals surface area (Å²) in [4.78, 5) is 30.0. The van der Waals surface area contributed by atoms with Crippen molar-refractivity contribution in [3.05, 3.63) is 213 Å². The Hall–Kier alpha value is -5.03. The molecular weight excluding hydrogens is 1070 g/mol. The molecule has 7 aromatic carbocycles. The number of aromatic hydroxyl groups is 1. The van der Waals surface area contributed by atoms with Crippen molar-refractivity contribution in [1.82, 2.24) is 0 Å². The largest absolute Gasteiger partial charge is 0.544 e. The Morgan fingerprint density at radius 2 is 0.921 bits per heavy atom. The van der Waals surface area contributed by atoms with Gasteiger partial charge in [-0.1, -0.05) is 105 Å². The van der Waals surface area contributed by atoms with Crippen molar-refractivity contribution in [3.63, 3.8) is 0 Å². The lowest BCUT2D eigenvalue weighted by Gasteiger charge is -2.29. The van der Waals surface area contributed by atoms with E-state index in [4.69, 9.17) is 0 Å². The Labute approximate surface area is 399 Å². The van der Waals surface area contributed by atoms with Crippen molar-refractivity contribution in [2.45, 2.75) is 55.2 Å². The zero-order valence-corrected chi connectivity index (χ0v) is 39.9. The second-order valence-electron chi connectivity index (χ2n) is 13.8. The first-order chi connectivity index (χ1) is 30.3. The number of esters is 1. The number of carboxylic acids is 1. The summed E-state index contributed by atoms with van der Waals surface area (Å²) in [6.07, 6.45) is 0.0969. The summed E-state index contributed by atoms with van der Waals surface area (Å²) < 4.78 is 45.9. The van der Waals surface area contributed by atoms with E-state index < -0.39 is 29.9 Å². The van der Waals surface area contributed by atoms with E-state index in [1.54, 1.807) is 12.1 Å². The van der Waals surface area contributed by atoms with E-state index in [0.29, 0.717) is 12.7 Å². The third-order valence-corrected chi connectivity index (χ3v) is 15.0. The number of benzene rings is 7. The predicted octanol–water partition coefficient (Wildman–Crippen LogP) is 12.3. The van der Waals surface area contributed by atoms with Crippen LogP contribution in [-0.4, -0.2) is 29.1 Å². The zero-order valence-electron chi connectivity index (χ0n) is 34.0. The molecule has 1 N–H and O–H groups in total. The number of ether oxygens (including phenoxy) is 1. The van der Waals surface area contributed by atoms with Crippen LogP contribution in [0.25, 0.3) is 6.08 Å². The highest BCUT2D eigenvalue weighted by molar-refractivity contribution is 14.1. The smallest absolute Gasteiger partial charge is 0.331 e. The van der Waals surface area contributed by atoms with E-state index in [-0.39, 0.29) is 33.4 Å². The molecule has 0 spiro atoms. The first kappa shape index (κ1) is 49.0. The maximum Gasteiger partial charge on any atom is 0.331 e. The lowest BCUT2D eigenvalue weighted by Crippen LogP contribution is -2.53. The van der Waals surface area contributed by atoms with Gasteiger partial charge in [-0.15, -0.1) is 0 Å². The maximum absolute atomic E-state index is 13.5. The molecule has 5 nitrogen and oxygen atoms in total. The number of hydrogen-bond acceptors (Lipinski definition) is 5. The Kier molecular flexibility index (Phi) is 18.8. The van der Waals surface area contributed by atoms with Gasteiger partial charge in [0.25, 0.3) is 0 Å². The van der Waals surface area contributed by atoms with Gasteiger partial charge in [0.1, 0.15) is 17.5 Å². The minimum Gasteiger partial charge on any atom is -0.544 e. The third kappa shape index (κ3) is 14.2. The van der Waals surface area contributed by atoms with Crippen LogP contribution < -0.4 is 5.11 Å². The summed E-state index contributed by atoms with van der Waals surface area (Å²) in [5.41, 5.74) is 0.548. The molecule has 0 heterocycles. The molecule has 7 rings (SSSR count). The molecule has 0 aliphatic heterocycles. The second kappa shape index (κ2) is 24.1. The van der Waals surface area contributed by atoms with Crippen molar-refractivity contribution in [2.24, 2.45) is 5.92 Å². The van der Waals surface area contributed by atoms with Gasteiger partial charge >= 0.3 is 11.9 Å². The quantitative estimate of drug-likeness (QED) is 0.0570. The number of halogens is 5. The van der Waals surface area contributed by atoms with Crippen LogP contribution in [-0.2, 0) is 36.1 Å². The Bertz CT molecular complexity index is 2380. The SMILES string of the molecule is CC(C)C(OC(=O)/C=C/c1cc(I)c(O)c(I)c1)C(F)(F)C(=O)[O-].Fc1ccc([S+](c2ccccc2)c2ccccc2)cc1.c1ccc([S+](c2ccccc2)c2ccccc2)cc1. The van der Waals surface area contributed by atoms with E-state index in [2.05, 4.69) is 120 Å². The molecule has 0 saturated carbocycles. The number of carboxylic acid groups (broad SMARTS) is 1. The fourth-order valence-electron chi connectivity index (χ4n) is 5.92. The Morgan fingerprint density at radius 3 is 1.22 bits per heavy atom. The second-order valence-corrected chi connectivity index (χ2v) is 20.2. The summed E-state index contributed by atoms with van der Waals surface area (Å²) in [6.45, 7) is 2.62. The van der Waals surface area contributed by atoms with Gasteiger partial charge < -0.3 is 19.7 Å². The fraction of sp³-hybridized carbons (Fsp3) is 0.0980. The number of alkyl halides is 2. The molecule has 1 atom stereocenters. The van der Waals surface area contributed by atoms with Gasteiger partial charge in [-0.2, -0.15) is 8.78 Å². The highest BCUT2D eigenvalue weighted by Crippen LogP contribution is 2.33. The van der Waals surface area contributed by atoms with Gasteiger partial charge in [-0.05, 0) is 160 Å². The molecule has 0 fully saturated rings. The number of aliphatic carboxylic acids is 1. The van der Waals surface area contributed by atoms with Crippen molar-refractivity contribution >= 4 is 85.0 Å². The highest BCUT2D eigenvalue weighted by Gasteiger charge is 2.46. The summed E-state index contributed by atoms with van der Waals surface area (Å²) >= 11 is 3.81. The van der Waals surface area contributed by atoms with Gasteiger partial charge in [-0.25, -0.2) is 9.18 Å². The lowest BCUT2D eigenvalue weighted by molar-refractivity contribution is -0.337. The lowest BCUT2D eigenvalue weighted by atomic mass is 10.0. The Morgan fingerprint density at radius 1 is 0.603 bits per heavy atom. The van der Waals surface area contributed by atoms with Gasteiger partial charge in [0, 0.05) is 6.08 Å². The van der Waals surface area contributed by atoms with Crippen molar-refractivity contribution in [2.75, 3.05) is 0 Å². The van der Waals surface area contributed by atoms with Crippen molar-refractivity contribution in [1.29, 1.82) is 0 Å². The molecule has 0 aliphatic carbocycles. The number of carbonyl (C=O) groups is 2. The van der Waals surface area contributed by atoms with E-state index in [0.717, 1.165) is 11.0 Å². The minimum absolute atomic E-state index is 0.0146. The molecule has 0 amide bonds. The summed E-state index contributed by atoms with van der Waals surface area (Å²) in [7, 11) is -0.204. The average Bonchev–Trinajstić information content (AvgIpc) is 3.29. The molecular formula is C51H42F3I2O5S2+. The van der Waals surface area contributed by atoms with Crippen LogP contribution in [0.4, 0.5) is 13.2 Å². The van der Waals surface area contributed by atoms with E-state index in [9.17, 15) is 33.0 Å². The topological polar surface area (TPSA) is 86.7 Å². The van der Waals surface area contributed by atoms with Crippen LogP contribution >= 0.6 is 45.2 Å². The molecule has 7 aromatic rings.